The normalized spacial score (nSPS) is 15.5. The molecule has 2 aliphatic carbocycles. The number of benzene rings is 6. The quantitative estimate of drug-likeness (QED) is 0.168. The van der Waals surface area contributed by atoms with Crippen molar-refractivity contribution in [2.45, 2.75) is 143 Å². The highest BCUT2D eigenvalue weighted by Gasteiger charge is 2.41. The molecule has 0 bridgehead atoms. The Balaban J connectivity index is 1.42. The summed E-state index contributed by atoms with van der Waals surface area (Å²) in [5.41, 5.74) is 24.5. The van der Waals surface area contributed by atoms with Gasteiger partial charge in [-0.1, -0.05) is 208 Å². The lowest BCUT2D eigenvalue weighted by Gasteiger charge is -2.28. The molecule has 0 heteroatoms. The van der Waals surface area contributed by atoms with Gasteiger partial charge in [0.25, 0.3) is 0 Å². The first-order valence-electron chi connectivity index (χ1n) is 21.7. The minimum atomic E-state index is -0.129. The van der Waals surface area contributed by atoms with E-state index >= 15 is 0 Å². The molecule has 8 rings (SSSR count). The van der Waals surface area contributed by atoms with Crippen LogP contribution in [0.3, 0.4) is 0 Å². The van der Waals surface area contributed by atoms with E-state index in [-0.39, 0.29) is 32.5 Å². The lowest BCUT2D eigenvalue weighted by molar-refractivity contribution is 0.579. The monoisotopic (exact) mass is 763 g/mol. The summed E-state index contributed by atoms with van der Waals surface area (Å²) in [6.45, 7) is 37.9. The zero-order valence-corrected chi connectivity index (χ0v) is 38.4. The molecule has 0 spiro atoms. The van der Waals surface area contributed by atoms with Crippen LogP contribution in [-0.4, -0.2) is 0 Å². The maximum Gasteiger partial charge on any atom is 0.0159 e. The molecule has 2 aliphatic rings. The first-order valence-corrected chi connectivity index (χ1v) is 21.7. The summed E-state index contributed by atoms with van der Waals surface area (Å²) in [6.07, 6.45) is 0. The SMILES string of the molecule is CC(C)(C)c1ccc2c(c1)C(C)(C)c1cc(C(C)(C)C)cc(-c3ccccc3-c3ccccc3-c3cc(C(C)(C)C)cc4c3-c3ccc(C(C)(C)C)cc3C4(C)C)c1-2. The highest BCUT2D eigenvalue weighted by molar-refractivity contribution is 6.02. The van der Waals surface area contributed by atoms with E-state index in [1.807, 2.05) is 0 Å². The topological polar surface area (TPSA) is 0 Å². The van der Waals surface area contributed by atoms with Crippen LogP contribution < -0.4 is 0 Å². The van der Waals surface area contributed by atoms with Crippen LogP contribution in [0, 0.1) is 0 Å². The number of hydrogen-bond acceptors (Lipinski definition) is 0. The molecule has 58 heavy (non-hydrogen) atoms. The van der Waals surface area contributed by atoms with E-state index in [0.29, 0.717) is 0 Å². The summed E-state index contributed by atoms with van der Waals surface area (Å²) in [4.78, 5) is 0. The third-order valence-corrected chi connectivity index (χ3v) is 13.7. The first kappa shape index (κ1) is 40.1. The van der Waals surface area contributed by atoms with Gasteiger partial charge in [0, 0.05) is 10.8 Å². The average molecular weight is 763 g/mol. The van der Waals surface area contributed by atoms with E-state index in [1.165, 1.54) is 100 Å². The van der Waals surface area contributed by atoms with E-state index in [0.717, 1.165) is 0 Å². The Hall–Kier alpha value is -4.68. The van der Waals surface area contributed by atoms with Crippen LogP contribution in [0.25, 0.3) is 55.6 Å². The minimum absolute atomic E-state index is 0.0148. The van der Waals surface area contributed by atoms with Gasteiger partial charge in [0.05, 0.1) is 0 Å². The molecule has 6 aromatic carbocycles. The van der Waals surface area contributed by atoms with E-state index < -0.39 is 0 Å². The molecule has 0 fully saturated rings. The lowest BCUT2D eigenvalue weighted by atomic mass is 9.75. The van der Waals surface area contributed by atoms with Crippen molar-refractivity contribution < 1.29 is 0 Å². The summed E-state index contributed by atoms with van der Waals surface area (Å²) >= 11 is 0. The van der Waals surface area contributed by atoms with Crippen LogP contribution in [0.1, 0.15) is 155 Å². The fourth-order valence-electron chi connectivity index (χ4n) is 9.83. The Morgan fingerprint density at radius 1 is 0.276 bits per heavy atom. The van der Waals surface area contributed by atoms with Crippen LogP contribution >= 0.6 is 0 Å². The maximum absolute atomic E-state index is 2.53. The van der Waals surface area contributed by atoms with Crippen molar-refractivity contribution in [3.63, 3.8) is 0 Å². The molecule has 0 nitrogen and oxygen atoms in total. The van der Waals surface area contributed by atoms with Crippen LogP contribution in [0.5, 0.6) is 0 Å². The molecule has 0 atom stereocenters. The van der Waals surface area contributed by atoms with Crippen molar-refractivity contribution in [1.29, 1.82) is 0 Å². The average Bonchev–Trinajstić information content (AvgIpc) is 3.51. The van der Waals surface area contributed by atoms with E-state index in [9.17, 15) is 0 Å². The summed E-state index contributed by atoms with van der Waals surface area (Å²) in [5, 5.41) is 0. The van der Waals surface area contributed by atoms with Gasteiger partial charge in [0.1, 0.15) is 0 Å². The van der Waals surface area contributed by atoms with Gasteiger partial charge in [-0.05, 0) is 134 Å². The Kier molecular flexibility index (Phi) is 8.93. The molecule has 0 unspecified atom stereocenters. The largest absolute Gasteiger partial charge is 0.0616 e. The molecule has 0 saturated heterocycles. The van der Waals surface area contributed by atoms with Gasteiger partial charge >= 0.3 is 0 Å². The van der Waals surface area contributed by atoms with Gasteiger partial charge in [-0.15, -0.1) is 0 Å². The number of rotatable bonds is 3. The highest BCUT2D eigenvalue weighted by atomic mass is 14.4. The smallest absolute Gasteiger partial charge is 0.0159 e. The third kappa shape index (κ3) is 6.33. The second kappa shape index (κ2) is 12.9. The van der Waals surface area contributed by atoms with Crippen LogP contribution in [0.4, 0.5) is 0 Å². The Labute approximate surface area is 351 Å². The van der Waals surface area contributed by atoms with Crippen molar-refractivity contribution in [2.24, 2.45) is 0 Å². The van der Waals surface area contributed by atoms with Crippen molar-refractivity contribution in [3.8, 4) is 55.6 Å². The summed E-state index contributed by atoms with van der Waals surface area (Å²) < 4.78 is 0. The molecule has 0 radical (unpaired) electrons. The molecule has 0 aliphatic heterocycles. The summed E-state index contributed by atoms with van der Waals surface area (Å²) in [7, 11) is 0. The zero-order chi connectivity index (χ0) is 42.1. The van der Waals surface area contributed by atoms with Crippen molar-refractivity contribution in [2.75, 3.05) is 0 Å². The third-order valence-electron chi connectivity index (χ3n) is 13.7. The molecular formula is C58H66. The van der Waals surface area contributed by atoms with Gasteiger partial charge in [0.15, 0.2) is 0 Å². The van der Waals surface area contributed by atoms with Gasteiger partial charge in [-0.25, -0.2) is 0 Å². The van der Waals surface area contributed by atoms with Gasteiger partial charge in [-0.3, -0.25) is 0 Å². The van der Waals surface area contributed by atoms with Crippen LogP contribution in [0.15, 0.2) is 109 Å². The molecule has 0 amide bonds. The fraction of sp³-hybridized carbons (Fsp3) is 0.379. The molecule has 0 heterocycles. The maximum atomic E-state index is 2.53. The Morgan fingerprint density at radius 3 is 0.845 bits per heavy atom. The van der Waals surface area contributed by atoms with Crippen LogP contribution in [-0.2, 0) is 32.5 Å². The van der Waals surface area contributed by atoms with Gasteiger partial charge in [0.2, 0.25) is 0 Å². The Morgan fingerprint density at radius 2 is 0.552 bits per heavy atom. The fourth-order valence-corrected chi connectivity index (χ4v) is 9.83. The van der Waals surface area contributed by atoms with Crippen molar-refractivity contribution >= 4 is 0 Å². The molecule has 0 aromatic heterocycles. The van der Waals surface area contributed by atoms with E-state index in [4.69, 9.17) is 0 Å². The summed E-state index contributed by atoms with van der Waals surface area (Å²) in [6, 6.07) is 43.1. The van der Waals surface area contributed by atoms with Gasteiger partial charge < -0.3 is 0 Å². The predicted molar refractivity (Wildman–Crippen MR) is 253 cm³/mol. The first-order chi connectivity index (χ1) is 26.8. The molecule has 6 aromatic rings. The molecule has 0 N–H and O–H groups in total. The zero-order valence-electron chi connectivity index (χ0n) is 38.4. The molecular weight excluding hydrogens is 697 g/mol. The second-order valence-corrected chi connectivity index (χ2v) is 22.8. The summed E-state index contributed by atoms with van der Waals surface area (Å²) in [5.74, 6) is 0. The lowest BCUT2D eigenvalue weighted by Crippen LogP contribution is -2.19. The van der Waals surface area contributed by atoms with Crippen LogP contribution in [0.2, 0.25) is 0 Å². The van der Waals surface area contributed by atoms with Crippen molar-refractivity contribution in [1.82, 2.24) is 0 Å². The van der Waals surface area contributed by atoms with Crippen molar-refractivity contribution in [3.05, 3.63) is 154 Å². The number of hydrogen-bond donors (Lipinski definition) is 0. The Bertz CT molecular complexity index is 2440. The standard InChI is InChI=1S/C58H66/c1-53(2,3)35-25-27-43-47(31-35)57(13,14)49-33-37(55(7,8)9)29-45(51(43)49)41-23-19-17-21-39(41)40-22-18-20-24-42(40)46-30-38(56(10,11)12)34-50-52(46)44-28-26-36(54(4,5)6)32-48(44)58(50,15)16/h17-34H,1-16H3. The second-order valence-electron chi connectivity index (χ2n) is 22.8. The highest BCUT2D eigenvalue weighted by Crippen LogP contribution is 2.57. The molecule has 298 valence electrons. The van der Waals surface area contributed by atoms with E-state index in [2.05, 4.69) is 220 Å². The van der Waals surface area contributed by atoms with Gasteiger partial charge in [-0.2, -0.15) is 0 Å². The minimum Gasteiger partial charge on any atom is -0.0616 e. The molecule has 0 saturated carbocycles. The number of fused-ring (bicyclic) bond motifs is 6. The predicted octanol–water partition coefficient (Wildman–Crippen LogP) is 16.5. The van der Waals surface area contributed by atoms with E-state index in [1.54, 1.807) is 0 Å².